The first kappa shape index (κ1) is 34.2. The fourth-order valence-electron chi connectivity index (χ4n) is 10.4. The summed E-state index contributed by atoms with van der Waals surface area (Å²) in [6.07, 6.45) is 5.26. The molecule has 0 fully saturated rings. The van der Waals surface area contributed by atoms with Crippen LogP contribution >= 0.6 is 11.3 Å². The normalized spacial score (nSPS) is 16.1. The van der Waals surface area contributed by atoms with Gasteiger partial charge in [0.1, 0.15) is 0 Å². The average molecular weight is 749 g/mol. The maximum Gasteiger partial charge on any atom is 0.0361 e. The molecular weight excluding hydrogens is 705 g/mol. The molecule has 0 saturated heterocycles. The fraction of sp³-hybridized carbons (Fsp3) is 0.143. The van der Waals surface area contributed by atoms with E-state index in [9.17, 15) is 0 Å². The van der Waals surface area contributed by atoms with Crippen LogP contribution in [0.15, 0.2) is 188 Å². The molecule has 57 heavy (non-hydrogen) atoms. The minimum absolute atomic E-state index is 0.277. The van der Waals surface area contributed by atoms with E-state index in [0.717, 1.165) is 32.1 Å². The summed E-state index contributed by atoms with van der Waals surface area (Å²) in [6.45, 7) is 0. The highest BCUT2D eigenvalue weighted by atomic mass is 32.1. The van der Waals surface area contributed by atoms with Gasteiger partial charge < -0.3 is 0 Å². The predicted molar refractivity (Wildman–Crippen MR) is 242 cm³/mol. The number of rotatable bonds is 8. The van der Waals surface area contributed by atoms with Crippen LogP contribution < -0.4 is 0 Å². The van der Waals surface area contributed by atoms with Crippen molar-refractivity contribution in [2.75, 3.05) is 0 Å². The summed E-state index contributed by atoms with van der Waals surface area (Å²) in [4.78, 5) is 0. The molecule has 0 radical (unpaired) electrons. The fourth-order valence-corrected chi connectivity index (χ4v) is 11.5. The molecule has 1 heteroatoms. The van der Waals surface area contributed by atoms with Gasteiger partial charge in [-0.25, -0.2) is 0 Å². The van der Waals surface area contributed by atoms with Crippen molar-refractivity contribution in [2.45, 2.75) is 49.9 Å². The molecule has 2 aliphatic carbocycles. The molecule has 3 atom stereocenters. The molecule has 0 amide bonds. The molecule has 2 aliphatic rings. The Labute approximate surface area is 340 Å². The van der Waals surface area contributed by atoms with Crippen molar-refractivity contribution in [2.24, 2.45) is 0 Å². The average Bonchev–Trinajstić information content (AvgIpc) is 3.74. The largest absolute Gasteiger partial charge is 0.135 e. The molecule has 0 saturated carbocycles. The second kappa shape index (κ2) is 14.5. The lowest BCUT2D eigenvalue weighted by molar-refractivity contribution is 0.716. The van der Waals surface area contributed by atoms with Crippen LogP contribution in [0.2, 0.25) is 0 Å². The Morgan fingerprint density at radius 3 is 2.02 bits per heavy atom. The molecule has 274 valence electrons. The maximum atomic E-state index is 2.53. The van der Waals surface area contributed by atoms with E-state index in [1.54, 1.807) is 0 Å². The molecule has 8 aromatic carbocycles. The lowest BCUT2D eigenvalue weighted by Crippen LogP contribution is -2.07. The second-order valence-corrected chi connectivity index (χ2v) is 17.2. The van der Waals surface area contributed by atoms with Gasteiger partial charge in [0.2, 0.25) is 0 Å². The first-order valence-electron chi connectivity index (χ1n) is 20.7. The SMILES string of the molecule is c1ccc(CCC(c2ccccc2)c2ccc3c(c2)sc2ccc4c(c23)-c2c(ccc3c2C(Cc2ccccc2)c2ccccc2-3)C(c2ccccc2)CC4)cc1. The number of benzene rings is 8. The van der Waals surface area contributed by atoms with Gasteiger partial charge in [0.25, 0.3) is 0 Å². The van der Waals surface area contributed by atoms with E-state index in [-0.39, 0.29) is 5.92 Å². The van der Waals surface area contributed by atoms with Gasteiger partial charge in [-0.3, -0.25) is 0 Å². The third-order valence-corrected chi connectivity index (χ3v) is 14.1. The summed E-state index contributed by atoms with van der Waals surface area (Å²) in [5, 5.41) is 2.83. The Kier molecular flexibility index (Phi) is 8.70. The van der Waals surface area contributed by atoms with Crippen LogP contribution in [0, 0.1) is 0 Å². The number of thiophene rings is 1. The van der Waals surface area contributed by atoms with Crippen LogP contribution in [0.5, 0.6) is 0 Å². The molecule has 1 heterocycles. The molecule has 9 aromatic rings. The summed E-state index contributed by atoms with van der Waals surface area (Å²) in [6, 6.07) is 71.2. The molecule has 0 nitrogen and oxygen atoms in total. The van der Waals surface area contributed by atoms with E-state index in [1.165, 1.54) is 92.5 Å². The number of hydrogen-bond donors (Lipinski definition) is 0. The van der Waals surface area contributed by atoms with E-state index in [2.05, 4.69) is 188 Å². The van der Waals surface area contributed by atoms with E-state index >= 15 is 0 Å². The zero-order valence-corrected chi connectivity index (χ0v) is 32.9. The van der Waals surface area contributed by atoms with Crippen molar-refractivity contribution >= 4 is 31.5 Å². The quantitative estimate of drug-likeness (QED) is 0.145. The van der Waals surface area contributed by atoms with Crippen LogP contribution in [-0.2, 0) is 19.3 Å². The summed E-state index contributed by atoms with van der Waals surface area (Å²) < 4.78 is 2.77. The summed E-state index contributed by atoms with van der Waals surface area (Å²) in [5.41, 5.74) is 18.7. The van der Waals surface area contributed by atoms with Crippen LogP contribution in [0.4, 0.5) is 0 Å². The van der Waals surface area contributed by atoms with E-state index < -0.39 is 0 Å². The van der Waals surface area contributed by atoms with E-state index in [0.29, 0.717) is 11.8 Å². The van der Waals surface area contributed by atoms with Crippen molar-refractivity contribution in [3.05, 3.63) is 238 Å². The highest BCUT2D eigenvalue weighted by Crippen LogP contribution is 2.56. The van der Waals surface area contributed by atoms with Crippen LogP contribution in [0.1, 0.15) is 80.7 Å². The Bertz CT molecular complexity index is 2870. The molecule has 0 spiro atoms. The zero-order chi connectivity index (χ0) is 37.7. The molecule has 0 bridgehead atoms. The van der Waals surface area contributed by atoms with Crippen LogP contribution in [-0.4, -0.2) is 0 Å². The Hall–Kier alpha value is -6.02. The summed E-state index contributed by atoms with van der Waals surface area (Å²) in [5.74, 6) is 0.924. The van der Waals surface area contributed by atoms with Gasteiger partial charge in [-0.1, -0.05) is 176 Å². The number of fused-ring (bicyclic) bond motifs is 11. The Balaban J connectivity index is 1.13. The highest BCUT2D eigenvalue weighted by molar-refractivity contribution is 7.26. The van der Waals surface area contributed by atoms with Crippen LogP contribution in [0.3, 0.4) is 0 Å². The van der Waals surface area contributed by atoms with Gasteiger partial charge in [0.05, 0.1) is 0 Å². The number of aryl methyl sites for hydroxylation is 2. The Morgan fingerprint density at radius 1 is 0.526 bits per heavy atom. The highest BCUT2D eigenvalue weighted by Gasteiger charge is 2.36. The predicted octanol–water partition coefficient (Wildman–Crippen LogP) is 14.9. The Morgan fingerprint density at radius 2 is 1.23 bits per heavy atom. The van der Waals surface area contributed by atoms with Gasteiger partial charge in [-0.2, -0.15) is 0 Å². The van der Waals surface area contributed by atoms with Gasteiger partial charge in [0.15, 0.2) is 0 Å². The zero-order valence-electron chi connectivity index (χ0n) is 32.1. The monoisotopic (exact) mass is 748 g/mol. The summed E-state index contributed by atoms with van der Waals surface area (Å²) >= 11 is 1.98. The van der Waals surface area contributed by atoms with Gasteiger partial charge >= 0.3 is 0 Å². The lowest BCUT2D eigenvalue weighted by Gasteiger charge is -2.25. The molecular formula is C56H44S. The standard InChI is InChI=1S/C56H44S/c1-5-15-37(16-6-1)25-29-43(39-19-9-3-10-20-39)42-27-31-49-52(36-42)57-51-34-28-41-26-30-44(40-21-11-4-12-22-40)47-32-33-48-45-23-13-14-24-46(45)50(35-38-17-7-2-8-18-38)54(48)56(47)53(41)55(49)51/h1-24,27-28,31-34,36,43-44,50H,25-26,29-30,35H2. The molecule has 0 N–H and O–H groups in total. The first-order valence-corrected chi connectivity index (χ1v) is 21.5. The minimum Gasteiger partial charge on any atom is -0.135 e. The smallest absolute Gasteiger partial charge is 0.0361 e. The lowest BCUT2D eigenvalue weighted by atomic mass is 9.78. The van der Waals surface area contributed by atoms with Crippen molar-refractivity contribution in [1.82, 2.24) is 0 Å². The molecule has 1 aromatic heterocycles. The van der Waals surface area contributed by atoms with E-state index in [1.807, 2.05) is 11.3 Å². The van der Waals surface area contributed by atoms with Crippen molar-refractivity contribution < 1.29 is 0 Å². The minimum atomic E-state index is 0.277. The topological polar surface area (TPSA) is 0 Å². The molecule has 11 rings (SSSR count). The van der Waals surface area contributed by atoms with Crippen molar-refractivity contribution in [3.8, 4) is 22.3 Å². The first-order chi connectivity index (χ1) is 28.3. The van der Waals surface area contributed by atoms with Gasteiger partial charge in [-0.05, 0) is 117 Å². The number of hydrogen-bond acceptors (Lipinski definition) is 1. The van der Waals surface area contributed by atoms with Crippen molar-refractivity contribution in [1.29, 1.82) is 0 Å². The van der Waals surface area contributed by atoms with E-state index in [4.69, 9.17) is 0 Å². The van der Waals surface area contributed by atoms with Crippen LogP contribution in [0.25, 0.3) is 42.4 Å². The van der Waals surface area contributed by atoms with Gasteiger partial charge in [-0.15, -0.1) is 11.3 Å². The second-order valence-electron chi connectivity index (χ2n) is 16.1. The third kappa shape index (κ3) is 6.04. The van der Waals surface area contributed by atoms with Crippen molar-refractivity contribution in [3.63, 3.8) is 0 Å². The maximum absolute atomic E-state index is 2.53. The van der Waals surface area contributed by atoms with Gasteiger partial charge in [0, 0.05) is 37.9 Å². The third-order valence-electron chi connectivity index (χ3n) is 13.0. The molecule has 3 unspecified atom stereocenters. The summed E-state index contributed by atoms with van der Waals surface area (Å²) in [7, 11) is 0. The molecule has 0 aliphatic heterocycles.